The monoisotopic (exact) mass is 359 g/mol. The second-order valence-electron chi connectivity index (χ2n) is 5.62. The lowest BCUT2D eigenvalue weighted by Crippen LogP contribution is -2.13. The highest BCUT2D eigenvalue weighted by Gasteiger charge is 2.16. The van der Waals surface area contributed by atoms with Crippen LogP contribution >= 0.6 is 0 Å². The third kappa shape index (κ3) is 3.45. The normalized spacial score (nSPS) is 11.5. The first-order chi connectivity index (χ1) is 11.8. The Kier molecular flexibility index (Phi) is 4.17. The van der Waals surface area contributed by atoms with Gasteiger partial charge in [-0.1, -0.05) is 0 Å². The molecule has 0 unspecified atom stereocenters. The van der Waals surface area contributed by atoms with Crippen LogP contribution in [-0.2, 0) is 21.9 Å². The number of carbonyl (C=O) groups is 1. The van der Waals surface area contributed by atoms with Crippen molar-refractivity contribution in [3.05, 3.63) is 42.2 Å². The first-order valence-corrected chi connectivity index (χ1v) is 8.94. The van der Waals surface area contributed by atoms with E-state index in [2.05, 4.69) is 20.1 Å². The van der Waals surface area contributed by atoms with Gasteiger partial charge in [-0.05, 0) is 37.3 Å². The summed E-state index contributed by atoms with van der Waals surface area (Å²) >= 11 is 0. The fraction of sp³-hybridized carbons (Fsp3) is 0.188. The molecule has 0 spiro atoms. The van der Waals surface area contributed by atoms with Gasteiger partial charge in [-0.2, -0.15) is 5.10 Å². The highest BCUT2D eigenvalue weighted by atomic mass is 32.2. The number of carbonyl (C=O) groups excluding carboxylic acids is 1. The van der Waals surface area contributed by atoms with Crippen molar-refractivity contribution in [2.75, 3.05) is 10.0 Å². The molecule has 0 saturated heterocycles. The zero-order valence-corrected chi connectivity index (χ0v) is 14.8. The number of hydrogen-bond donors (Lipinski definition) is 2. The molecule has 130 valence electrons. The predicted molar refractivity (Wildman–Crippen MR) is 94.8 cm³/mol. The highest BCUT2D eigenvalue weighted by molar-refractivity contribution is 7.92. The van der Waals surface area contributed by atoms with E-state index in [1.54, 1.807) is 17.8 Å². The Labute approximate surface area is 144 Å². The standard InChI is InChI=1S/C16H17N5O3S/c1-10-15-8-13(9-17-16(15)21(3)19-10)20-25(23,24)14-6-4-12(5-7-14)18-11(2)22/h4-9,20H,1-3H3,(H,18,22). The SMILES string of the molecule is CC(=O)Nc1ccc(S(=O)(=O)Nc2cnc3c(c2)c(C)nn3C)cc1. The summed E-state index contributed by atoms with van der Waals surface area (Å²) in [6, 6.07) is 7.61. The molecule has 3 aromatic rings. The predicted octanol–water partition coefficient (Wildman–Crippen LogP) is 2.04. The number of rotatable bonds is 4. The zero-order valence-electron chi connectivity index (χ0n) is 13.9. The van der Waals surface area contributed by atoms with Gasteiger partial charge in [0.2, 0.25) is 5.91 Å². The molecule has 1 aromatic carbocycles. The molecule has 0 aliphatic rings. The van der Waals surface area contributed by atoms with Crippen molar-refractivity contribution < 1.29 is 13.2 Å². The Morgan fingerprint density at radius 1 is 1.16 bits per heavy atom. The number of aromatic nitrogens is 3. The maximum absolute atomic E-state index is 12.5. The average Bonchev–Trinajstić information content (AvgIpc) is 2.81. The molecule has 25 heavy (non-hydrogen) atoms. The van der Waals surface area contributed by atoms with Gasteiger partial charge in [-0.25, -0.2) is 13.4 Å². The average molecular weight is 359 g/mol. The molecule has 2 N–H and O–H groups in total. The van der Waals surface area contributed by atoms with Crippen LogP contribution in [0, 0.1) is 6.92 Å². The van der Waals surface area contributed by atoms with E-state index < -0.39 is 10.0 Å². The molecule has 1 amide bonds. The fourth-order valence-corrected chi connectivity index (χ4v) is 3.53. The van der Waals surface area contributed by atoms with Crippen molar-refractivity contribution in [2.45, 2.75) is 18.7 Å². The van der Waals surface area contributed by atoms with E-state index in [1.807, 2.05) is 6.92 Å². The van der Waals surface area contributed by atoms with Crippen molar-refractivity contribution >= 4 is 38.3 Å². The van der Waals surface area contributed by atoms with Gasteiger partial charge in [0.25, 0.3) is 10.0 Å². The van der Waals surface area contributed by atoms with E-state index in [9.17, 15) is 13.2 Å². The molecule has 0 bridgehead atoms. The summed E-state index contributed by atoms with van der Waals surface area (Å²) in [5, 5.41) is 7.63. The molecular weight excluding hydrogens is 342 g/mol. The largest absolute Gasteiger partial charge is 0.326 e. The number of pyridine rings is 1. The molecule has 0 fully saturated rings. The molecule has 0 radical (unpaired) electrons. The number of anilines is 2. The number of nitrogens with zero attached hydrogens (tertiary/aromatic N) is 3. The minimum Gasteiger partial charge on any atom is -0.326 e. The molecule has 8 nitrogen and oxygen atoms in total. The van der Waals surface area contributed by atoms with Gasteiger partial charge in [0.05, 0.1) is 22.5 Å². The molecule has 0 aliphatic carbocycles. The quantitative estimate of drug-likeness (QED) is 0.741. The van der Waals surface area contributed by atoms with Crippen molar-refractivity contribution in [1.29, 1.82) is 0 Å². The number of amides is 1. The molecule has 0 atom stereocenters. The first-order valence-electron chi connectivity index (χ1n) is 7.46. The van der Waals surface area contributed by atoms with Crippen LogP contribution in [0.1, 0.15) is 12.6 Å². The van der Waals surface area contributed by atoms with Gasteiger partial charge in [-0.3, -0.25) is 14.2 Å². The summed E-state index contributed by atoms with van der Waals surface area (Å²) in [6.07, 6.45) is 1.45. The summed E-state index contributed by atoms with van der Waals surface area (Å²) in [7, 11) is -1.98. The number of fused-ring (bicyclic) bond motifs is 1. The maximum Gasteiger partial charge on any atom is 0.261 e. The van der Waals surface area contributed by atoms with E-state index in [0.717, 1.165) is 11.1 Å². The second-order valence-corrected chi connectivity index (χ2v) is 7.30. The summed E-state index contributed by atoms with van der Waals surface area (Å²) < 4.78 is 29.2. The van der Waals surface area contributed by atoms with E-state index in [4.69, 9.17) is 0 Å². The van der Waals surface area contributed by atoms with Crippen molar-refractivity contribution in [2.24, 2.45) is 7.05 Å². The van der Waals surface area contributed by atoms with Crippen molar-refractivity contribution in [3.63, 3.8) is 0 Å². The van der Waals surface area contributed by atoms with Gasteiger partial charge in [-0.15, -0.1) is 0 Å². The van der Waals surface area contributed by atoms with Gasteiger partial charge in [0, 0.05) is 25.0 Å². The van der Waals surface area contributed by atoms with E-state index in [0.29, 0.717) is 17.0 Å². The van der Waals surface area contributed by atoms with Crippen LogP contribution in [0.4, 0.5) is 11.4 Å². The summed E-state index contributed by atoms with van der Waals surface area (Å²) in [5.74, 6) is -0.222. The molecule has 2 heterocycles. The minimum atomic E-state index is -3.76. The van der Waals surface area contributed by atoms with Crippen LogP contribution in [0.25, 0.3) is 11.0 Å². The van der Waals surface area contributed by atoms with Gasteiger partial charge >= 0.3 is 0 Å². The van der Waals surface area contributed by atoms with Crippen LogP contribution in [-0.4, -0.2) is 29.1 Å². The molecule has 9 heteroatoms. The third-order valence-electron chi connectivity index (χ3n) is 3.60. The summed E-state index contributed by atoms with van der Waals surface area (Å²) in [6.45, 7) is 3.22. The lowest BCUT2D eigenvalue weighted by atomic mass is 10.3. The topological polar surface area (TPSA) is 106 Å². The van der Waals surface area contributed by atoms with E-state index in [1.165, 1.54) is 37.4 Å². The number of aryl methyl sites for hydroxylation is 2. The number of benzene rings is 1. The molecule has 0 aliphatic heterocycles. The fourth-order valence-electron chi connectivity index (χ4n) is 2.50. The lowest BCUT2D eigenvalue weighted by molar-refractivity contribution is -0.114. The number of nitrogens with one attached hydrogen (secondary N) is 2. The zero-order chi connectivity index (χ0) is 18.2. The molecule has 3 rings (SSSR count). The Bertz CT molecular complexity index is 1060. The Morgan fingerprint density at radius 2 is 1.84 bits per heavy atom. The van der Waals surface area contributed by atoms with Gasteiger partial charge < -0.3 is 5.32 Å². The second kappa shape index (κ2) is 6.17. The summed E-state index contributed by atoms with van der Waals surface area (Å²) in [5.41, 5.74) is 2.33. The van der Waals surface area contributed by atoms with Crippen molar-refractivity contribution in [1.82, 2.24) is 14.8 Å². The first kappa shape index (κ1) is 16.9. The van der Waals surface area contributed by atoms with Crippen LogP contribution in [0.2, 0.25) is 0 Å². The highest BCUT2D eigenvalue weighted by Crippen LogP contribution is 2.22. The number of hydrogen-bond acceptors (Lipinski definition) is 5. The van der Waals surface area contributed by atoms with E-state index >= 15 is 0 Å². The van der Waals surface area contributed by atoms with Gasteiger partial charge in [0.15, 0.2) is 5.65 Å². The van der Waals surface area contributed by atoms with Crippen LogP contribution < -0.4 is 10.0 Å². The van der Waals surface area contributed by atoms with Crippen LogP contribution in [0.15, 0.2) is 41.4 Å². The molecule has 2 aromatic heterocycles. The Balaban J connectivity index is 1.88. The summed E-state index contributed by atoms with van der Waals surface area (Å²) in [4.78, 5) is 15.4. The lowest BCUT2D eigenvalue weighted by Gasteiger charge is -2.09. The Morgan fingerprint density at radius 3 is 2.48 bits per heavy atom. The van der Waals surface area contributed by atoms with E-state index in [-0.39, 0.29) is 10.8 Å². The third-order valence-corrected chi connectivity index (χ3v) is 5.00. The Hall–Kier alpha value is -2.94. The number of sulfonamides is 1. The molecule has 0 saturated carbocycles. The van der Waals surface area contributed by atoms with Crippen molar-refractivity contribution in [3.8, 4) is 0 Å². The van der Waals surface area contributed by atoms with Crippen LogP contribution in [0.5, 0.6) is 0 Å². The van der Waals surface area contributed by atoms with Gasteiger partial charge in [0.1, 0.15) is 0 Å². The minimum absolute atomic E-state index is 0.0876. The molecular formula is C16H17N5O3S. The maximum atomic E-state index is 12.5. The van der Waals surface area contributed by atoms with Crippen LogP contribution in [0.3, 0.4) is 0 Å². The smallest absolute Gasteiger partial charge is 0.261 e.